The second kappa shape index (κ2) is 8.26. The number of aliphatic imine (C=N–C) groups is 1. The fourth-order valence-electron chi connectivity index (χ4n) is 3.18. The van der Waals surface area contributed by atoms with Crippen LogP contribution in [0.1, 0.15) is 49.6 Å². The Kier molecular flexibility index (Phi) is 5.37. The first-order chi connectivity index (χ1) is 14.3. The van der Waals surface area contributed by atoms with Gasteiger partial charge in [0.2, 0.25) is 12.1 Å². The van der Waals surface area contributed by atoms with E-state index in [-0.39, 0.29) is 5.91 Å². The smallest absolute Gasteiger partial charge is 0.269 e. The average Bonchev–Trinajstić information content (AvgIpc) is 3.54. The molecule has 148 valence electrons. The fraction of sp³-hybridized carbons (Fsp3) is 0.273. The van der Waals surface area contributed by atoms with Crippen molar-refractivity contribution in [3.63, 3.8) is 0 Å². The highest BCUT2D eigenvalue weighted by atomic mass is 16.2. The molecule has 29 heavy (non-hydrogen) atoms. The minimum absolute atomic E-state index is 0.244. The molecule has 1 unspecified atom stereocenters. The van der Waals surface area contributed by atoms with Gasteiger partial charge in [0.1, 0.15) is 5.82 Å². The number of carbonyl (C=O) groups excluding carboxylic acids is 1. The number of benzodiazepines with no additional fused rings is 1. The normalized spacial score (nSPS) is 17.8. The third-order valence-corrected chi connectivity index (χ3v) is 4.73. The Morgan fingerprint density at radius 3 is 2.48 bits per heavy atom. The van der Waals surface area contributed by atoms with Gasteiger partial charge in [-0.2, -0.15) is 4.98 Å². The number of nitrogens with one attached hydrogen (secondary N) is 3. The molecule has 1 aromatic heterocycles. The first kappa shape index (κ1) is 18.9. The van der Waals surface area contributed by atoms with Crippen LogP contribution in [0.4, 0.5) is 11.6 Å². The largest absolute Gasteiger partial charge is 0.323 e. The summed E-state index contributed by atoms with van der Waals surface area (Å²) in [6.45, 7) is 4.00. The van der Waals surface area contributed by atoms with Crippen LogP contribution in [0.15, 0.2) is 59.6 Å². The van der Waals surface area contributed by atoms with E-state index in [4.69, 9.17) is 4.99 Å². The summed E-state index contributed by atoms with van der Waals surface area (Å²) in [5.41, 5.74) is 3.32. The standard InChI is InChI=1S/C20H18N6O.C2H6/c27-19-18(24-20-23-17(25-26-20)13-10-11-13)22-16(12-6-2-1-3-7-12)14-8-4-5-9-15(14)21-19;1-2/h1-9,13,18H,10-11H2,(H,21,27)(H2,23,24,25,26);1-2H3. The van der Waals surface area contributed by atoms with E-state index in [9.17, 15) is 4.79 Å². The average molecular weight is 388 g/mol. The number of aromatic amines is 1. The number of aromatic nitrogens is 3. The predicted octanol–water partition coefficient (Wildman–Crippen LogP) is 3.94. The van der Waals surface area contributed by atoms with Crippen LogP contribution < -0.4 is 10.6 Å². The molecule has 0 bridgehead atoms. The highest BCUT2D eigenvalue weighted by molar-refractivity contribution is 6.19. The number of carbonyl (C=O) groups is 1. The Balaban J connectivity index is 0.000000994. The number of benzene rings is 2. The highest BCUT2D eigenvalue weighted by Crippen LogP contribution is 2.38. The fourth-order valence-corrected chi connectivity index (χ4v) is 3.18. The molecule has 7 nitrogen and oxygen atoms in total. The van der Waals surface area contributed by atoms with Crippen LogP contribution in [0.3, 0.4) is 0 Å². The highest BCUT2D eigenvalue weighted by Gasteiger charge is 2.29. The number of amides is 1. The van der Waals surface area contributed by atoms with E-state index in [1.165, 1.54) is 0 Å². The number of H-pyrrole nitrogens is 1. The Hall–Kier alpha value is -3.48. The van der Waals surface area contributed by atoms with Crippen LogP contribution in [0, 0.1) is 0 Å². The van der Waals surface area contributed by atoms with Crippen molar-refractivity contribution < 1.29 is 4.79 Å². The molecule has 5 rings (SSSR count). The number of fused-ring (bicyclic) bond motifs is 1. The maximum absolute atomic E-state index is 12.8. The molecule has 0 spiro atoms. The molecule has 1 aliphatic carbocycles. The molecule has 2 aromatic carbocycles. The molecule has 1 atom stereocenters. The van der Waals surface area contributed by atoms with Crippen molar-refractivity contribution >= 4 is 23.3 Å². The van der Waals surface area contributed by atoms with Gasteiger partial charge in [0.25, 0.3) is 5.91 Å². The molecular formula is C22H24N6O. The summed E-state index contributed by atoms with van der Waals surface area (Å²) in [6.07, 6.45) is 1.43. The van der Waals surface area contributed by atoms with Gasteiger partial charge in [-0.05, 0) is 18.9 Å². The lowest BCUT2D eigenvalue weighted by Crippen LogP contribution is -2.33. The molecule has 7 heteroatoms. The SMILES string of the molecule is CC.O=C1Nc2ccccc2C(c2ccccc2)=NC1Nc1n[nH]c(C2CC2)n1. The van der Waals surface area contributed by atoms with E-state index < -0.39 is 6.17 Å². The van der Waals surface area contributed by atoms with Gasteiger partial charge in [0.05, 0.1) is 11.4 Å². The first-order valence-corrected chi connectivity index (χ1v) is 10.0. The molecule has 3 N–H and O–H groups in total. The van der Waals surface area contributed by atoms with Crippen LogP contribution in [0.5, 0.6) is 0 Å². The van der Waals surface area contributed by atoms with Crippen molar-refractivity contribution in [2.24, 2.45) is 4.99 Å². The van der Waals surface area contributed by atoms with Gasteiger partial charge in [-0.1, -0.05) is 62.4 Å². The van der Waals surface area contributed by atoms with Gasteiger partial charge in [-0.15, -0.1) is 5.10 Å². The number of rotatable bonds is 4. The monoisotopic (exact) mass is 388 g/mol. The summed E-state index contributed by atoms with van der Waals surface area (Å²) < 4.78 is 0. The maximum atomic E-state index is 12.8. The molecule has 0 saturated heterocycles. The van der Waals surface area contributed by atoms with E-state index in [1.807, 2.05) is 68.4 Å². The van der Waals surface area contributed by atoms with Crippen molar-refractivity contribution in [2.75, 3.05) is 10.6 Å². The first-order valence-electron chi connectivity index (χ1n) is 10.0. The Morgan fingerprint density at radius 2 is 1.72 bits per heavy atom. The van der Waals surface area contributed by atoms with E-state index >= 15 is 0 Å². The van der Waals surface area contributed by atoms with Crippen LogP contribution in [0.2, 0.25) is 0 Å². The van der Waals surface area contributed by atoms with Gasteiger partial charge in [0.15, 0.2) is 0 Å². The summed E-state index contributed by atoms with van der Waals surface area (Å²) in [7, 11) is 0. The van der Waals surface area contributed by atoms with Crippen LogP contribution in [-0.4, -0.2) is 33.0 Å². The minimum Gasteiger partial charge on any atom is -0.323 e. The lowest BCUT2D eigenvalue weighted by Gasteiger charge is -2.11. The Bertz CT molecular complexity index is 1020. The zero-order valence-corrected chi connectivity index (χ0v) is 16.5. The number of nitrogens with zero attached hydrogens (tertiary/aromatic N) is 3. The molecule has 1 aliphatic heterocycles. The number of anilines is 2. The molecule has 1 saturated carbocycles. The zero-order chi connectivity index (χ0) is 20.2. The summed E-state index contributed by atoms with van der Waals surface area (Å²) in [5, 5.41) is 13.1. The lowest BCUT2D eigenvalue weighted by molar-refractivity contribution is -0.116. The van der Waals surface area contributed by atoms with Gasteiger partial charge in [-0.3, -0.25) is 9.89 Å². The molecule has 0 radical (unpaired) electrons. The van der Waals surface area contributed by atoms with Crippen LogP contribution in [0.25, 0.3) is 0 Å². The maximum Gasteiger partial charge on any atom is 0.269 e. The Labute approximate surface area is 169 Å². The summed E-state index contributed by atoms with van der Waals surface area (Å²) in [4.78, 5) is 21.9. The number of hydrogen-bond acceptors (Lipinski definition) is 5. The summed E-state index contributed by atoms with van der Waals surface area (Å²) >= 11 is 0. The molecule has 3 aromatic rings. The van der Waals surface area contributed by atoms with Gasteiger partial charge in [0, 0.05) is 17.0 Å². The lowest BCUT2D eigenvalue weighted by atomic mass is 10.0. The second-order valence-electron chi connectivity index (χ2n) is 6.74. The molecule has 2 heterocycles. The Morgan fingerprint density at radius 1 is 1.00 bits per heavy atom. The van der Waals surface area contributed by atoms with Gasteiger partial charge >= 0.3 is 0 Å². The number of hydrogen-bond donors (Lipinski definition) is 3. The summed E-state index contributed by atoms with van der Waals surface area (Å²) in [6, 6.07) is 17.5. The molecule has 1 amide bonds. The van der Waals surface area contributed by atoms with E-state index in [1.54, 1.807) is 0 Å². The van der Waals surface area contributed by atoms with E-state index in [2.05, 4.69) is 25.8 Å². The number of para-hydroxylation sites is 1. The molecule has 1 fully saturated rings. The molecular weight excluding hydrogens is 364 g/mol. The topological polar surface area (TPSA) is 95.1 Å². The third kappa shape index (κ3) is 4.03. The second-order valence-corrected chi connectivity index (χ2v) is 6.74. The van der Waals surface area contributed by atoms with E-state index in [0.717, 1.165) is 41.2 Å². The summed E-state index contributed by atoms with van der Waals surface area (Å²) in [5.74, 6) is 1.47. The van der Waals surface area contributed by atoms with Crippen molar-refractivity contribution in [3.05, 3.63) is 71.5 Å². The zero-order valence-electron chi connectivity index (χ0n) is 16.5. The third-order valence-electron chi connectivity index (χ3n) is 4.73. The molecule has 2 aliphatic rings. The van der Waals surface area contributed by atoms with Crippen LogP contribution >= 0.6 is 0 Å². The van der Waals surface area contributed by atoms with Crippen molar-refractivity contribution in [1.29, 1.82) is 0 Å². The van der Waals surface area contributed by atoms with Gasteiger partial charge < -0.3 is 10.6 Å². The van der Waals surface area contributed by atoms with Crippen molar-refractivity contribution in [1.82, 2.24) is 15.2 Å². The quantitative estimate of drug-likeness (QED) is 0.631. The van der Waals surface area contributed by atoms with Crippen LogP contribution in [-0.2, 0) is 4.79 Å². The van der Waals surface area contributed by atoms with E-state index in [0.29, 0.717) is 11.9 Å². The predicted molar refractivity (Wildman–Crippen MR) is 114 cm³/mol. The van der Waals surface area contributed by atoms with Gasteiger partial charge in [-0.25, -0.2) is 4.99 Å². The minimum atomic E-state index is -0.824. The van der Waals surface area contributed by atoms with Crippen molar-refractivity contribution in [2.45, 2.75) is 38.8 Å². The van der Waals surface area contributed by atoms with Crippen molar-refractivity contribution in [3.8, 4) is 0 Å².